The Morgan fingerprint density at radius 1 is 0.677 bits per heavy atom. The van der Waals surface area contributed by atoms with E-state index in [1.807, 2.05) is 0 Å². The molecule has 3 aliphatic heterocycles. The Morgan fingerprint density at radius 3 is 1.87 bits per heavy atom. The molecule has 0 spiro atoms. The molecule has 0 aromatic rings. The van der Waals surface area contributed by atoms with Gasteiger partial charge in [0.1, 0.15) is 61.0 Å². The molecule has 3 aliphatic rings. The molecule has 182 valence electrons. The van der Waals surface area contributed by atoms with Crippen LogP contribution in [0.25, 0.3) is 0 Å². The predicted octanol–water partition coefficient (Wildman–Crippen LogP) is -4.84. The standard InChI is InChI=1S/C18H32O13/c1-5-9(20)12(23)14(25)17(28-5)31-16-6(2)27-4-8(11(16)22)30-18-15(26)13(24)10(21)7(3-19)29-18/h5-26H,3-4H2,1-2H3/t5-,6?,7+,8-,9-,10+,11-,12+,13-,14+,15+,16-,17?,18?/m0/s1. The number of rotatable bonds is 5. The molecule has 0 saturated carbocycles. The highest BCUT2D eigenvalue weighted by atomic mass is 16.7. The van der Waals surface area contributed by atoms with E-state index in [0.29, 0.717) is 0 Å². The second-order valence-electron chi connectivity index (χ2n) is 8.18. The fourth-order valence-electron chi connectivity index (χ4n) is 3.87. The zero-order valence-corrected chi connectivity index (χ0v) is 17.1. The minimum Gasteiger partial charge on any atom is -0.394 e. The second kappa shape index (κ2) is 10.2. The molecule has 3 heterocycles. The lowest BCUT2D eigenvalue weighted by Crippen LogP contribution is -2.63. The van der Waals surface area contributed by atoms with Gasteiger partial charge in [0.05, 0.1) is 25.4 Å². The van der Waals surface area contributed by atoms with E-state index in [2.05, 4.69) is 0 Å². The molecule has 0 bridgehead atoms. The van der Waals surface area contributed by atoms with Crippen molar-refractivity contribution in [1.82, 2.24) is 0 Å². The van der Waals surface area contributed by atoms with Gasteiger partial charge in [0.25, 0.3) is 0 Å². The molecule has 13 heteroatoms. The van der Waals surface area contributed by atoms with Gasteiger partial charge in [0, 0.05) is 0 Å². The van der Waals surface area contributed by atoms with Crippen molar-refractivity contribution in [3.8, 4) is 0 Å². The van der Waals surface area contributed by atoms with Crippen LogP contribution in [0.4, 0.5) is 0 Å². The maximum Gasteiger partial charge on any atom is 0.187 e. The largest absolute Gasteiger partial charge is 0.394 e. The summed E-state index contributed by atoms with van der Waals surface area (Å²) in [5.74, 6) is 0. The summed E-state index contributed by atoms with van der Waals surface area (Å²) in [6.07, 6.45) is -18.4. The van der Waals surface area contributed by atoms with Crippen molar-refractivity contribution in [3.63, 3.8) is 0 Å². The number of aliphatic hydroxyl groups is 8. The van der Waals surface area contributed by atoms with Crippen LogP contribution in [0.15, 0.2) is 0 Å². The SMILES string of the molecule is CC1OC[C@H](OC2O[C@H](CO)[C@@H](O)[C@H](O)[C@H]2O)[C@H](O)[C@H]1OC1O[C@@H](C)[C@H](O)[C@@H](O)[C@H]1O. The van der Waals surface area contributed by atoms with E-state index in [0.717, 1.165) is 0 Å². The molecule has 13 nitrogen and oxygen atoms in total. The van der Waals surface area contributed by atoms with E-state index in [1.165, 1.54) is 6.92 Å². The normalized spacial score (nSPS) is 54.0. The molecule has 0 radical (unpaired) electrons. The Kier molecular flexibility index (Phi) is 8.24. The Balaban J connectivity index is 1.66. The molecule has 3 fully saturated rings. The Hall–Kier alpha value is -0.520. The van der Waals surface area contributed by atoms with Gasteiger partial charge in [0.2, 0.25) is 0 Å². The van der Waals surface area contributed by atoms with Gasteiger partial charge in [-0.1, -0.05) is 0 Å². The van der Waals surface area contributed by atoms with Crippen LogP contribution in [0.1, 0.15) is 13.8 Å². The highest BCUT2D eigenvalue weighted by Gasteiger charge is 2.50. The molecule has 0 amide bonds. The van der Waals surface area contributed by atoms with Crippen LogP contribution in [0.2, 0.25) is 0 Å². The van der Waals surface area contributed by atoms with Gasteiger partial charge >= 0.3 is 0 Å². The quantitative estimate of drug-likeness (QED) is 0.195. The van der Waals surface area contributed by atoms with Crippen molar-refractivity contribution in [3.05, 3.63) is 0 Å². The lowest BCUT2D eigenvalue weighted by Gasteiger charge is -2.46. The predicted molar refractivity (Wildman–Crippen MR) is 97.3 cm³/mol. The van der Waals surface area contributed by atoms with Crippen LogP contribution in [-0.2, 0) is 23.7 Å². The first-order chi connectivity index (χ1) is 14.6. The van der Waals surface area contributed by atoms with E-state index >= 15 is 0 Å². The number of ether oxygens (including phenoxy) is 5. The summed E-state index contributed by atoms with van der Waals surface area (Å²) in [6, 6.07) is 0. The lowest BCUT2D eigenvalue weighted by molar-refractivity contribution is -0.351. The minimum atomic E-state index is -1.66. The van der Waals surface area contributed by atoms with Crippen molar-refractivity contribution in [2.45, 2.75) is 99.7 Å². The van der Waals surface area contributed by atoms with Gasteiger partial charge in [0.15, 0.2) is 12.6 Å². The van der Waals surface area contributed by atoms with E-state index in [1.54, 1.807) is 6.92 Å². The number of aliphatic hydroxyl groups excluding tert-OH is 8. The van der Waals surface area contributed by atoms with Crippen LogP contribution in [0.3, 0.4) is 0 Å². The molecule has 0 aromatic heterocycles. The third-order valence-corrected chi connectivity index (χ3v) is 5.96. The fourth-order valence-corrected chi connectivity index (χ4v) is 3.87. The van der Waals surface area contributed by atoms with Crippen molar-refractivity contribution < 1.29 is 64.5 Å². The highest BCUT2D eigenvalue weighted by Crippen LogP contribution is 2.30. The summed E-state index contributed by atoms with van der Waals surface area (Å²) in [5.41, 5.74) is 0. The zero-order chi connectivity index (χ0) is 23.0. The van der Waals surface area contributed by atoms with Crippen molar-refractivity contribution in [2.75, 3.05) is 13.2 Å². The summed E-state index contributed by atoms with van der Waals surface area (Å²) in [6.45, 7) is 2.31. The molecule has 14 atom stereocenters. The summed E-state index contributed by atoms with van der Waals surface area (Å²) >= 11 is 0. The molecule has 3 unspecified atom stereocenters. The van der Waals surface area contributed by atoms with Crippen LogP contribution < -0.4 is 0 Å². The van der Waals surface area contributed by atoms with Crippen LogP contribution in [0, 0.1) is 0 Å². The van der Waals surface area contributed by atoms with Crippen LogP contribution >= 0.6 is 0 Å². The summed E-state index contributed by atoms with van der Waals surface area (Å²) < 4.78 is 27.4. The first-order valence-electron chi connectivity index (χ1n) is 10.2. The van der Waals surface area contributed by atoms with E-state index in [4.69, 9.17) is 23.7 Å². The van der Waals surface area contributed by atoms with Gasteiger partial charge in [-0.15, -0.1) is 0 Å². The first-order valence-corrected chi connectivity index (χ1v) is 10.2. The van der Waals surface area contributed by atoms with Crippen molar-refractivity contribution in [1.29, 1.82) is 0 Å². The average molecular weight is 456 g/mol. The van der Waals surface area contributed by atoms with Gasteiger partial charge in [-0.25, -0.2) is 0 Å². The van der Waals surface area contributed by atoms with E-state index < -0.39 is 92.4 Å². The van der Waals surface area contributed by atoms with Crippen LogP contribution in [0.5, 0.6) is 0 Å². The lowest BCUT2D eigenvalue weighted by atomic mass is 9.97. The summed E-state index contributed by atoms with van der Waals surface area (Å²) in [4.78, 5) is 0. The number of hydrogen-bond donors (Lipinski definition) is 8. The van der Waals surface area contributed by atoms with Gasteiger partial charge < -0.3 is 64.5 Å². The molecule has 3 rings (SSSR count). The Labute approximate surface area is 178 Å². The Bertz CT molecular complexity index is 579. The fraction of sp³-hybridized carbons (Fsp3) is 1.00. The summed E-state index contributed by atoms with van der Waals surface area (Å²) in [7, 11) is 0. The molecule has 31 heavy (non-hydrogen) atoms. The molecule has 8 N–H and O–H groups in total. The molecular weight excluding hydrogens is 424 g/mol. The first kappa shape index (κ1) is 25.1. The minimum absolute atomic E-state index is 0.136. The third kappa shape index (κ3) is 5.04. The van der Waals surface area contributed by atoms with E-state index in [-0.39, 0.29) is 6.61 Å². The second-order valence-corrected chi connectivity index (χ2v) is 8.18. The van der Waals surface area contributed by atoms with E-state index in [9.17, 15) is 40.9 Å². The zero-order valence-electron chi connectivity index (χ0n) is 17.1. The third-order valence-electron chi connectivity index (χ3n) is 5.96. The van der Waals surface area contributed by atoms with Crippen molar-refractivity contribution >= 4 is 0 Å². The number of hydrogen-bond acceptors (Lipinski definition) is 13. The molecule has 0 aliphatic carbocycles. The molecular formula is C18H32O13. The van der Waals surface area contributed by atoms with Crippen molar-refractivity contribution in [2.24, 2.45) is 0 Å². The summed E-state index contributed by atoms with van der Waals surface area (Å²) in [5, 5.41) is 79.9. The molecule has 0 aromatic carbocycles. The maximum atomic E-state index is 10.8. The topological polar surface area (TPSA) is 208 Å². The Morgan fingerprint density at radius 2 is 1.26 bits per heavy atom. The highest BCUT2D eigenvalue weighted by molar-refractivity contribution is 4.93. The van der Waals surface area contributed by atoms with Gasteiger partial charge in [-0.2, -0.15) is 0 Å². The van der Waals surface area contributed by atoms with Gasteiger partial charge in [-0.05, 0) is 13.8 Å². The smallest absolute Gasteiger partial charge is 0.187 e. The monoisotopic (exact) mass is 456 g/mol. The average Bonchev–Trinajstić information content (AvgIpc) is 2.75. The van der Waals surface area contributed by atoms with Gasteiger partial charge in [-0.3, -0.25) is 0 Å². The van der Waals surface area contributed by atoms with Crippen LogP contribution in [-0.4, -0.2) is 140 Å². The maximum absolute atomic E-state index is 10.8. The molecule has 3 saturated heterocycles.